The topological polar surface area (TPSA) is 57.4 Å². The van der Waals surface area contributed by atoms with Gasteiger partial charge in [-0.1, -0.05) is 364 Å². The molecular formula is C116H78N4. The zero-order chi connectivity index (χ0) is 79.7. The Kier molecular flexibility index (Phi) is 19.0. The summed E-state index contributed by atoms with van der Waals surface area (Å²) in [5, 5.41) is 0. The van der Waals surface area contributed by atoms with Crippen LogP contribution < -0.4 is 0 Å². The lowest BCUT2D eigenvalue weighted by Crippen LogP contribution is -1.98. The molecule has 0 radical (unpaired) electrons. The van der Waals surface area contributed by atoms with Gasteiger partial charge in [0.15, 0.2) is 0 Å². The van der Waals surface area contributed by atoms with Crippen LogP contribution in [0.25, 0.3) is 224 Å². The van der Waals surface area contributed by atoms with E-state index < -0.39 is 0 Å². The maximum absolute atomic E-state index is 6.34. The van der Waals surface area contributed by atoms with E-state index in [0.717, 1.165) is 223 Å². The summed E-state index contributed by atoms with van der Waals surface area (Å²) in [5.41, 5.74) is 40.2. The van der Waals surface area contributed by atoms with Gasteiger partial charge in [0.25, 0.3) is 0 Å². The lowest BCUT2D eigenvalue weighted by atomic mass is 9.84. The first-order valence-corrected chi connectivity index (χ1v) is 41.1. The molecule has 0 spiro atoms. The van der Waals surface area contributed by atoms with Gasteiger partial charge in [-0.3, -0.25) is 0 Å². The van der Waals surface area contributed by atoms with Crippen molar-refractivity contribution >= 4 is 46.4 Å². The third-order valence-corrected chi connectivity index (χ3v) is 23.4. The summed E-state index contributed by atoms with van der Waals surface area (Å²) < 4.78 is 0. The molecule has 562 valence electrons. The Morgan fingerprint density at radius 1 is 0.125 bits per heavy atom. The Morgan fingerprint density at radius 2 is 0.258 bits per heavy atom. The summed E-state index contributed by atoms with van der Waals surface area (Å²) in [6.07, 6.45) is 9.08. The number of nitrogens with one attached hydrogen (secondary N) is 2. The van der Waals surface area contributed by atoms with Crippen molar-refractivity contribution in [2.45, 2.75) is 0 Å². The lowest BCUT2D eigenvalue weighted by Gasteiger charge is -2.21. The van der Waals surface area contributed by atoms with Gasteiger partial charge in [-0.25, -0.2) is 9.97 Å². The third kappa shape index (κ3) is 13.7. The fourth-order valence-corrected chi connectivity index (χ4v) is 17.9. The van der Waals surface area contributed by atoms with E-state index in [2.05, 4.69) is 471 Å². The van der Waals surface area contributed by atoms with Gasteiger partial charge in [0.05, 0.1) is 22.8 Å². The number of fused-ring (bicyclic) bond motifs is 8. The van der Waals surface area contributed by atoms with Crippen LogP contribution in [0, 0.1) is 0 Å². The molecule has 2 N–H and O–H groups in total. The summed E-state index contributed by atoms with van der Waals surface area (Å²) in [5.74, 6) is 0. The Hall–Kier alpha value is -15.9. The fourth-order valence-electron chi connectivity index (χ4n) is 17.9. The second kappa shape index (κ2) is 31.7. The Labute approximate surface area is 699 Å². The molecule has 0 aliphatic carbocycles. The fraction of sp³-hybridized carbons (Fsp3) is 0. The first-order chi connectivity index (χ1) is 59.5. The predicted molar refractivity (Wildman–Crippen MR) is 506 cm³/mol. The van der Waals surface area contributed by atoms with Gasteiger partial charge < -0.3 is 9.97 Å². The van der Waals surface area contributed by atoms with Crippen LogP contribution in [-0.4, -0.2) is 19.9 Å². The maximum Gasteiger partial charge on any atom is 0.0737 e. The van der Waals surface area contributed by atoms with Crippen molar-refractivity contribution in [3.8, 4) is 178 Å². The highest BCUT2D eigenvalue weighted by atomic mass is 14.8. The van der Waals surface area contributed by atoms with Gasteiger partial charge in [-0.2, -0.15) is 0 Å². The number of aromatic nitrogens is 4. The molecular weight excluding hydrogens is 1450 g/mol. The molecule has 0 saturated carbocycles. The highest BCUT2D eigenvalue weighted by Gasteiger charge is 2.30. The molecule has 2 aliphatic rings. The summed E-state index contributed by atoms with van der Waals surface area (Å²) >= 11 is 0. The number of aromatic amines is 2. The molecule has 0 fully saturated rings. The van der Waals surface area contributed by atoms with Crippen molar-refractivity contribution < 1.29 is 0 Å². The van der Waals surface area contributed by atoms with Crippen molar-refractivity contribution in [3.63, 3.8) is 0 Å². The molecule has 0 unspecified atom stereocenters. The largest absolute Gasteiger partial charge is 0.354 e. The minimum Gasteiger partial charge on any atom is -0.354 e. The number of hydrogen-bond acceptors (Lipinski definition) is 2. The molecule has 0 amide bonds. The van der Waals surface area contributed by atoms with Crippen LogP contribution in [0.3, 0.4) is 0 Å². The SMILES string of the molecule is C1=Cc2nc1c(-c1c(-c3ccccc3)cc(-c3ccccc3)cc1-c1ccccc1)c1ccc([nH]1)c(-c1c(-c3ccccc3)cc(-c3ccccc3)cc1-c1ccccc1)c1nc(c(-c3c(-c4ccccc4)cc(-c4ccccc4)cc3-c3ccccc3)c3ccc([nH]3)c2-c2c(-c3ccccc3)cc(-c3ccccc3)cc2-c2ccccc2)C=C1. The molecule has 0 atom stereocenters. The van der Waals surface area contributed by atoms with E-state index in [1.807, 2.05) is 0 Å². The van der Waals surface area contributed by atoms with Gasteiger partial charge in [-0.15, -0.1) is 0 Å². The minimum absolute atomic E-state index is 0.781. The molecule has 3 aromatic heterocycles. The Balaban J connectivity index is 1.00. The van der Waals surface area contributed by atoms with Crippen LogP contribution in [0.15, 0.2) is 437 Å². The van der Waals surface area contributed by atoms with E-state index >= 15 is 0 Å². The van der Waals surface area contributed by atoms with Gasteiger partial charge in [0, 0.05) is 66.6 Å². The van der Waals surface area contributed by atoms with Crippen molar-refractivity contribution in [2.24, 2.45) is 0 Å². The Morgan fingerprint density at radius 3 is 0.400 bits per heavy atom. The van der Waals surface area contributed by atoms with Gasteiger partial charge >= 0.3 is 0 Å². The standard InChI is InChI=1S/C116H78N4/c1-13-37-77(38-14-1)89-69-93(81-45-21-5-22-46-81)109(94(70-89)82-47-23-6-24-48-82)113-101-61-63-103(117-101)114(110-95(83-49-25-7-26-50-83)71-90(78-39-15-2-16-40-78)72-96(110)84-51-27-8-28-52-84)105-65-67-107(119-105)116(112-99(87-57-33-11-34-58-87)75-92(80-43-19-4-20-44-80)76-100(112)88-59-35-12-36-60-88)108-68-66-106(120-108)115(104-64-62-102(113)118-104)111-97(85-53-29-9-30-54-85)73-91(79-41-17-3-18-42-79)74-98(111)86-55-31-10-32-56-86/h1-76,117,120H. The van der Waals surface area contributed by atoms with E-state index in [4.69, 9.17) is 9.97 Å². The molecule has 0 saturated heterocycles. The van der Waals surface area contributed by atoms with E-state index in [1.54, 1.807) is 0 Å². The van der Waals surface area contributed by atoms with Crippen LogP contribution in [0.1, 0.15) is 22.8 Å². The van der Waals surface area contributed by atoms with Crippen LogP contribution in [-0.2, 0) is 0 Å². The van der Waals surface area contributed by atoms with Crippen molar-refractivity contribution in [1.29, 1.82) is 0 Å². The molecule has 19 aromatic rings. The van der Waals surface area contributed by atoms with Crippen LogP contribution in [0.5, 0.6) is 0 Å². The summed E-state index contributed by atoms with van der Waals surface area (Å²) in [4.78, 5) is 21.4. The maximum atomic E-state index is 6.34. The highest BCUT2D eigenvalue weighted by Crippen LogP contribution is 2.54. The number of benzene rings is 16. The quantitative estimate of drug-likeness (QED) is 0.101. The first kappa shape index (κ1) is 71.9. The average Bonchev–Trinajstić information content (AvgIpc) is 1.48. The average molecular weight is 1530 g/mol. The van der Waals surface area contributed by atoms with Crippen molar-refractivity contribution in [1.82, 2.24) is 19.9 Å². The van der Waals surface area contributed by atoms with E-state index in [-0.39, 0.29) is 0 Å². The molecule has 8 bridgehead atoms. The first-order valence-electron chi connectivity index (χ1n) is 41.1. The van der Waals surface area contributed by atoms with Crippen molar-refractivity contribution in [2.75, 3.05) is 0 Å². The smallest absolute Gasteiger partial charge is 0.0737 e. The monoisotopic (exact) mass is 1530 g/mol. The summed E-state index contributed by atoms with van der Waals surface area (Å²) in [7, 11) is 0. The molecule has 16 aromatic carbocycles. The molecule has 120 heavy (non-hydrogen) atoms. The van der Waals surface area contributed by atoms with E-state index in [1.165, 1.54) is 0 Å². The molecule has 2 aliphatic heterocycles. The predicted octanol–water partition coefficient (Wildman–Crippen LogP) is 31.3. The zero-order valence-corrected chi connectivity index (χ0v) is 65.8. The minimum atomic E-state index is 0.781. The molecule has 4 nitrogen and oxygen atoms in total. The number of rotatable bonds is 16. The van der Waals surface area contributed by atoms with E-state index in [9.17, 15) is 0 Å². The zero-order valence-electron chi connectivity index (χ0n) is 65.8. The molecule has 21 rings (SSSR count). The van der Waals surface area contributed by atoms with Crippen LogP contribution in [0.4, 0.5) is 0 Å². The van der Waals surface area contributed by atoms with Crippen LogP contribution in [0.2, 0.25) is 0 Å². The number of H-pyrrole nitrogens is 2. The van der Waals surface area contributed by atoms with Gasteiger partial charge in [0.1, 0.15) is 0 Å². The Bertz CT molecular complexity index is 6160. The normalized spacial score (nSPS) is 11.6. The lowest BCUT2D eigenvalue weighted by molar-refractivity contribution is 1.31. The second-order valence-corrected chi connectivity index (χ2v) is 30.7. The van der Waals surface area contributed by atoms with Crippen LogP contribution >= 0.6 is 0 Å². The second-order valence-electron chi connectivity index (χ2n) is 30.7. The summed E-state index contributed by atoms with van der Waals surface area (Å²) in [6.45, 7) is 0. The number of hydrogen-bond donors (Lipinski definition) is 2. The molecule has 4 heteroatoms. The van der Waals surface area contributed by atoms with E-state index in [0.29, 0.717) is 0 Å². The van der Waals surface area contributed by atoms with Gasteiger partial charge in [0.2, 0.25) is 0 Å². The third-order valence-electron chi connectivity index (χ3n) is 23.4. The summed E-state index contributed by atoms with van der Waals surface area (Å²) in [6, 6.07) is 159. The highest BCUT2D eigenvalue weighted by molar-refractivity contribution is 6.13. The molecule has 5 heterocycles. The van der Waals surface area contributed by atoms with Gasteiger partial charge in [-0.05, 0) is 231 Å². The number of nitrogens with zero attached hydrogens (tertiary/aromatic N) is 2. The van der Waals surface area contributed by atoms with Crippen molar-refractivity contribution in [3.05, 3.63) is 460 Å².